The highest BCUT2D eigenvalue weighted by Crippen LogP contribution is 2.06. The van der Waals surface area contributed by atoms with Gasteiger partial charge in [0.1, 0.15) is 11.5 Å². The number of aliphatic imine (C=N–C) groups is 1. The van der Waals surface area contributed by atoms with Crippen molar-refractivity contribution in [2.24, 2.45) is 4.99 Å². The third-order valence-electron chi connectivity index (χ3n) is 1.93. The van der Waals surface area contributed by atoms with E-state index in [9.17, 15) is 9.90 Å². The van der Waals surface area contributed by atoms with Crippen molar-refractivity contribution in [3.05, 3.63) is 29.6 Å². The summed E-state index contributed by atoms with van der Waals surface area (Å²) in [4.78, 5) is 18.8. The van der Waals surface area contributed by atoms with Crippen LogP contribution in [0.4, 0.5) is 0 Å². The van der Waals surface area contributed by atoms with Gasteiger partial charge in [0.25, 0.3) is 0 Å². The second-order valence-electron chi connectivity index (χ2n) is 2.84. The standard InChI is InChI=1S/C9H9N3O2/c13-9(14)6-2-1-3-10-7(6)8-11-4-5-12-8/h1-3H,4-5H2,(H,11,12)(H,13,14)/p-1. The van der Waals surface area contributed by atoms with Crippen LogP contribution in [-0.4, -0.2) is 29.9 Å². The zero-order valence-electron chi connectivity index (χ0n) is 7.36. The van der Waals surface area contributed by atoms with Gasteiger partial charge in [-0.3, -0.25) is 9.98 Å². The van der Waals surface area contributed by atoms with Gasteiger partial charge >= 0.3 is 0 Å². The van der Waals surface area contributed by atoms with Crippen molar-refractivity contribution in [1.82, 2.24) is 10.3 Å². The summed E-state index contributed by atoms with van der Waals surface area (Å²) >= 11 is 0. The smallest absolute Gasteiger partial charge is 0.148 e. The van der Waals surface area contributed by atoms with Crippen LogP contribution in [0.3, 0.4) is 0 Å². The molecule has 5 nitrogen and oxygen atoms in total. The molecule has 5 heteroatoms. The molecule has 0 saturated heterocycles. The Kier molecular flexibility index (Phi) is 2.14. The Balaban J connectivity index is 2.46. The lowest BCUT2D eigenvalue weighted by Gasteiger charge is -2.08. The number of carbonyl (C=O) groups is 1. The summed E-state index contributed by atoms with van der Waals surface area (Å²) in [6.45, 7) is 1.37. The van der Waals surface area contributed by atoms with Gasteiger partial charge in [-0.1, -0.05) is 0 Å². The van der Waals surface area contributed by atoms with E-state index in [0.717, 1.165) is 6.54 Å². The number of rotatable bonds is 2. The molecule has 1 aliphatic rings. The maximum absolute atomic E-state index is 10.7. The van der Waals surface area contributed by atoms with Gasteiger partial charge < -0.3 is 15.2 Å². The first kappa shape index (κ1) is 8.68. The van der Waals surface area contributed by atoms with Crippen LogP contribution in [0, 0.1) is 0 Å². The van der Waals surface area contributed by atoms with E-state index in [-0.39, 0.29) is 5.56 Å². The molecule has 72 valence electrons. The Morgan fingerprint density at radius 2 is 2.43 bits per heavy atom. The number of carbonyl (C=O) groups excluding carboxylic acids is 1. The van der Waals surface area contributed by atoms with E-state index < -0.39 is 5.97 Å². The molecule has 1 aromatic heterocycles. The van der Waals surface area contributed by atoms with E-state index in [0.29, 0.717) is 18.1 Å². The van der Waals surface area contributed by atoms with Crippen LogP contribution in [0.5, 0.6) is 0 Å². The second kappa shape index (κ2) is 3.45. The van der Waals surface area contributed by atoms with Gasteiger partial charge in [0.15, 0.2) is 0 Å². The Bertz CT molecular complexity index is 401. The quantitative estimate of drug-likeness (QED) is 0.635. The number of nitrogens with zero attached hydrogens (tertiary/aromatic N) is 2. The van der Waals surface area contributed by atoms with Crippen molar-refractivity contribution in [2.45, 2.75) is 0 Å². The summed E-state index contributed by atoms with van der Waals surface area (Å²) in [6, 6.07) is 3.02. The van der Waals surface area contributed by atoms with E-state index in [1.54, 1.807) is 6.07 Å². The summed E-state index contributed by atoms with van der Waals surface area (Å²) in [7, 11) is 0. The number of hydrogen-bond acceptors (Lipinski definition) is 5. The number of aromatic nitrogens is 1. The number of carboxylic acids is 1. The zero-order valence-corrected chi connectivity index (χ0v) is 7.36. The number of nitrogens with one attached hydrogen (secondary N) is 1. The molecule has 0 radical (unpaired) electrons. The highest BCUT2D eigenvalue weighted by atomic mass is 16.4. The van der Waals surface area contributed by atoms with Gasteiger partial charge in [-0.05, 0) is 12.1 Å². The summed E-state index contributed by atoms with van der Waals surface area (Å²) in [5, 5.41) is 13.7. The molecule has 0 unspecified atom stereocenters. The van der Waals surface area contributed by atoms with Crippen LogP contribution in [0.2, 0.25) is 0 Å². The normalized spacial score (nSPS) is 14.7. The van der Waals surface area contributed by atoms with E-state index in [1.165, 1.54) is 12.3 Å². The highest BCUT2D eigenvalue weighted by molar-refractivity contribution is 6.05. The fourth-order valence-corrected chi connectivity index (χ4v) is 1.32. The summed E-state index contributed by atoms with van der Waals surface area (Å²) in [5.74, 6) is -0.700. The molecule has 14 heavy (non-hydrogen) atoms. The van der Waals surface area contributed by atoms with Crippen LogP contribution in [0.15, 0.2) is 23.3 Å². The van der Waals surface area contributed by atoms with E-state index in [2.05, 4.69) is 15.3 Å². The van der Waals surface area contributed by atoms with Crippen molar-refractivity contribution in [3.63, 3.8) is 0 Å². The maximum atomic E-state index is 10.7. The molecule has 0 aliphatic carbocycles. The minimum atomic E-state index is -1.23. The first-order valence-electron chi connectivity index (χ1n) is 4.24. The van der Waals surface area contributed by atoms with E-state index in [4.69, 9.17) is 0 Å². The monoisotopic (exact) mass is 190 g/mol. The minimum Gasteiger partial charge on any atom is -0.545 e. The van der Waals surface area contributed by atoms with Crippen LogP contribution < -0.4 is 10.4 Å². The van der Waals surface area contributed by atoms with E-state index in [1.807, 2.05) is 0 Å². The molecule has 0 aromatic carbocycles. The average molecular weight is 190 g/mol. The molecule has 0 fully saturated rings. The number of pyridine rings is 1. The number of aromatic carboxylic acids is 1. The number of hydrogen-bond donors (Lipinski definition) is 1. The molecule has 1 N–H and O–H groups in total. The van der Waals surface area contributed by atoms with Crippen molar-refractivity contribution in [2.75, 3.05) is 13.1 Å². The minimum absolute atomic E-state index is 0.0700. The fourth-order valence-electron chi connectivity index (χ4n) is 1.32. The van der Waals surface area contributed by atoms with Crippen molar-refractivity contribution in [1.29, 1.82) is 0 Å². The number of amidine groups is 1. The SMILES string of the molecule is O=C([O-])c1cccnc1C1=NCCN1. The molecule has 1 aliphatic heterocycles. The summed E-state index contributed by atoms with van der Waals surface area (Å²) in [6.07, 6.45) is 1.53. The lowest BCUT2D eigenvalue weighted by Crippen LogP contribution is -2.29. The molecular formula is C9H8N3O2-. The van der Waals surface area contributed by atoms with Gasteiger partial charge in [-0.25, -0.2) is 0 Å². The van der Waals surface area contributed by atoms with Gasteiger partial charge in [-0.15, -0.1) is 0 Å². The van der Waals surface area contributed by atoms with Gasteiger partial charge in [0.2, 0.25) is 0 Å². The van der Waals surface area contributed by atoms with Crippen LogP contribution in [0.25, 0.3) is 0 Å². The predicted molar refractivity (Wildman–Crippen MR) is 48.0 cm³/mol. The second-order valence-corrected chi connectivity index (χ2v) is 2.84. The van der Waals surface area contributed by atoms with E-state index >= 15 is 0 Å². The highest BCUT2D eigenvalue weighted by Gasteiger charge is 2.13. The summed E-state index contributed by atoms with van der Waals surface area (Å²) < 4.78 is 0. The van der Waals surface area contributed by atoms with Crippen LogP contribution in [0.1, 0.15) is 16.1 Å². The third kappa shape index (κ3) is 1.44. The van der Waals surface area contributed by atoms with Crippen molar-refractivity contribution < 1.29 is 9.90 Å². The van der Waals surface area contributed by atoms with Gasteiger partial charge in [0, 0.05) is 18.3 Å². The number of carboxylic acid groups (broad SMARTS) is 1. The molecule has 0 spiro atoms. The van der Waals surface area contributed by atoms with Gasteiger partial charge in [0.05, 0.1) is 12.5 Å². The van der Waals surface area contributed by atoms with Gasteiger partial charge in [-0.2, -0.15) is 0 Å². The Hall–Kier alpha value is -1.91. The Morgan fingerprint density at radius 3 is 3.07 bits per heavy atom. The van der Waals surface area contributed by atoms with Crippen molar-refractivity contribution >= 4 is 11.8 Å². The van der Waals surface area contributed by atoms with Crippen LogP contribution in [-0.2, 0) is 0 Å². The largest absolute Gasteiger partial charge is 0.545 e. The topological polar surface area (TPSA) is 77.4 Å². The average Bonchev–Trinajstić information content (AvgIpc) is 2.70. The molecule has 0 saturated carbocycles. The fraction of sp³-hybridized carbons (Fsp3) is 0.222. The first-order valence-corrected chi connectivity index (χ1v) is 4.24. The molecular weight excluding hydrogens is 182 g/mol. The molecule has 0 bridgehead atoms. The molecule has 1 aromatic rings. The van der Waals surface area contributed by atoms with Crippen molar-refractivity contribution in [3.8, 4) is 0 Å². The van der Waals surface area contributed by atoms with Crippen LogP contribution >= 0.6 is 0 Å². The lowest BCUT2D eigenvalue weighted by molar-refractivity contribution is -0.255. The Labute approximate surface area is 80.5 Å². The maximum Gasteiger partial charge on any atom is 0.148 e. The molecule has 0 atom stereocenters. The predicted octanol–water partition coefficient (Wildman–Crippen LogP) is -1.21. The Morgan fingerprint density at radius 1 is 1.57 bits per heavy atom. The third-order valence-corrected chi connectivity index (χ3v) is 1.93. The first-order chi connectivity index (χ1) is 6.79. The lowest BCUT2D eigenvalue weighted by atomic mass is 10.2. The molecule has 2 heterocycles. The molecule has 2 rings (SSSR count). The summed E-state index contributed by atoms with van der Waals surface area (Å²) in [5.41, 5.74) is 0.422. The molecule has 0 amide bonds. The zero-order chi connectivity index (χ0) is 9.97.